The van der Waals surface area contributed by atoms with Crippen molar-refractivity contribution in [1.29, 1.82) is 0 Å². The third-order valence-corrected chi connectivity index (χ3v) is 3.94. The van der Waals surface area contributed by atoms with Crippen LogP contribution in [0.1, 0.15) is 39.0 Å². The zero-order valence-corrected chi connectivity index (χ0v) is 12.0. The van der Waals surface area contributed by atoms with Gasteiger partial charge in [-0.2, -0.15) is 0 Å². The molecule has 0 amide bonds. The number of hydrogen-bond donors (Lipinski definition) is 1. The summed E-state index contributed by atoms with van der Waals surface area (Å²) in [5.74, 6) is 0.786. The molecule has 1 fully saturated rings. The van der Waals surface area contributed by atoms with Crippen LogP contribution in [-0.4, -0.2) is 56.1 Å². The summed E-state index contributed by atoms with van der Waals surface area (Å²) in [6.07, 6.45) is 6.50. The van der Waals surface area contributed by atoms with Gasteiger partial charge in [-0.05, 0) is 58.8 Å². The second-order valence-corrected chi connectivity index (χ2v) is 5.79. The first kappa shape index (κ1) is 14.9. The summed E-state index contributed by atoms with van der Waals surface area (Å²) < 4.78 is 0. The highest BCUT2D eigenvalue weighted by molar-refractivity contribution is 4.80. The third kappa shape index (κ3) is 5.84. The van der Waals surface area contributed by atoms with Crippen LogP contribution >= 0.6 is 0 Å². The summed E-state index contributed by atoms with van der Waals surface area (Å²) in [5.41, 5.74) is 6.13. The molecule has 102 valence electrons. The molecular weight excluding hydrogens is 210 g/mol. The lowest BCUT2D eigenvalue weighted by atomic mass is 10.00. The quantitative estimate of drug-likeness (QED) is 0.703. The van der Waals surface area contributed by atoms with E-state index in [4.69, 9.17) is 5.73 Å². The lowest BCUT2D eigenvalue weighted by Crippen LogP contribution is -2.35. The number of likely N-dealkylation sites (N-methyl/N-ethyl adjacent to an activating group) is 1. The topological polar surface area (TPSA) is 32.5 Å². The molecule has 0 aromatic heterocycles. The summed E-state index contributed by atoms with van der Waals surface area (Å²) in [7, 11) is 4.30. The van der Waals surface area contributed by atoms with Crippen molar-refractivity contribution < 1.29 is 0 Å². The Morgan fingerprint density at radius 2 is 1.82 bits per heavy atom. The Hall–Kier alpha value is -0.120. The van der Waals surface area contributed by atoms with Crippen molar-refractivity contribution in [3.05, 3.63) is 0 Å². The molecule has 3 heteroatoms. The van der Waals surface area contributed by atoms with Crippen LogP contribution in [0.25, 0.3) is 0 Å². The molecular formula is C14H31N3. The maximum Gasteiger partial charge on any atom is 0.0109 e. The molecule has 2 unspecified atom stereocenters. The van der Waals surface area contributed by atoms with Gasteiger partial charge in [0.15, 0.2) is 0 Å². The first-order chi connectivity index (χ1) is 8.13. The van der Waals surface area contributed by atoms with Crippen LogP contribution in [0.3, 0.4) is 0 Å². The average molecular weight is 241 g/mol. The largest absolute Gasteiger partial charge is 0.327 e. The fourth-order valence-corrected chi connectivity index (χ4v) is 2.77. The Morgan fingerprint density at radius 3 is 2.35 bits per heavy atom. The SMILES string of the molecule is CCCN(CCC1CCCC1N)CCN(C)C. The minimum Gasteiger partial charge on any atom is -0.327 e. The fourth-order valence-electron chi connectivity index (χ4n) is 2.77. The van der Waals surface area contributed by atoms with Crippen molar-refractivity contribution in [2.75, 3.05) is 40.3 Å². The minimum atomic E-state index is 0.479. The van der Waals surface area contributed by atoms with E-state index in [9.17, 15) is 0 Å². The van der Waals surface area contributed by atoms with Crippen LogP contribution in [0.15, 0.2) is 0 Å². The van der Waals surface area contributed by atoms with E-state index in [1.807, 2.05) is 0 Å². The molecule has 2 atom stereocenters. The van der Waals surface area contributed by atoms with Crippen LogP contribution in [0.4, 0.5) is 0 Å². The van der Waals surface area contributed by atoms with Crippen molar-refractivity contribution in [2.24, 2.45) is 11.7 Å². The van der Waals surface area contributed by atoms with Crippen molar-refractivity contribution >= 4 is 0 Å². The summed E-state index contributed by atoms with van der Waals surface area (Å²) in [6, 6.07) is 0.479. The van der Waals surface area contributed by atoms with E-state index in [1.54, 1.807) is 0 Å². The van der Waals surface area contributed by atoms with Crippen LogP contribution in [0.2, 0.25) is 0 Å². The number of nitrogens with zero attached hydrogens (tertiary/aromatic N) is 2. The van der Waals surface area contributed by atoms with Crippen molar-refractivity contribution in [3.8, 4) is 0 Å². The summed E-state index contributed by atoms with van der Waals surface area (Å²) in [6.45, 7) is 7.10. The Kier molecular flexibility index (Phi) is 7.09. The molecule has 0 saturated heterocycles. The Bertz CT molecular complexity index is 194. The predicted molar refractivity (Wildman–Crippen MR) is 75.2 cm³/mol. The maximum atomic E-state index is 6.13. The van der Waals surface area contributed by atoms with E-state index in [2.05, 4.69) is 30.8 Å². The molecule has 1 aliphatic carbocycles. The van der Waals surface area contributed by atoms with Gasteiger partial charge < -0.3 is 15.5 Å². The molecule has 0 radical (unpaired) electrons. The van der Waals surface area contributed by atoms with Gasteiger partial charge in [0.05, 0.1) is 0 Å². The first-order valence-electron chi connectivity index (χ1n) is 7.26. The van der Waals surface area contributed by atoms with Gasteiger partial charge in [-0.15, -0.1) is 0 Å². The monoisotopic (exact) mass is 241 g/mol. The summed E-state index contributed by atoms with van der Waals surface area (Å²) in [4.78, 5) is 4.87. The molecule has 0 aliphatic heterocycles. The highest BCUT2D eigenvalue weighted by atomic mass is 15.2. The van der Waals surface area contributed by atoms with Gasteiger partial charge in [-0.1, -0.05) is 13.3 Å². The van der Waals surface area contributed by atoms with Crippen molar-refractivity contribution in [3.63, 3.8) is 0 Å². The lowest BCUT2D eigenvalue weighted by molar-refractivity contribution is 0.222. The van der Waals surface area contributed by atoms with Gasteiger partial charge in [0, 0.05) is 19.1 Å². The van der Waals surface area contributed by atoms with Gasteiger partial charge in [0.1, 0.15) is 0 Å². The molecule has 0 heterocycles. The number of rotatable bonds is 8. The molecule has 0 aromatic rings. The Morgan fingerprint density at radius 1 is 1.06 bits per heavy atom. The molecule has 17 heavy (non-hydrogen) atoms. The summed E-state index contributed by atoms with van der Waals surface area (Å²) >= 11 is 0. The standard InChI is InChI=1S/C14H31N3/c1-4-9-17(12-11-16(2)3)10-8-13-6-5-7-14(13)15/h13-14H,4-12,15H2,1-3H3. The highest BCUT2D eigenvalue weighted by Crippen LogP contribution is 2.26. The molecule has 0 aromatic carbocycles. The zero-order valence-electron chi connectivity index (χ0n) is 12.0. The predicted octanol–water partition coefficient (Wildman–Crippen LogP) is 1.78. The second kappa shape index (κ2) is 8.06. The van der Waals surface area contributed by atoms with Crippen LogP contribution < -0.4 is 5.73 Å². The molecule has 2 N–H and O–H groups in total. The molecule has 1 aliphatic rings. The van der Waals surface area contributed by atoms with E-state index in [0.29, 0.717) is 6.04 Å². The molecule has 1 rings (SSSR count). The Balaban J connectivity index is 2.23. The van der Waals surface area contributed by atoms with Gasteiger partial charge in [-0.25, -0.2) is 0 Å². The van der Waals surface area contributed by atoms with Crippen molar-refractivity contribution in [1.82, 2.24) is 9.80 Å². The Labute approximate surface area is 107 Å². The highest BCUT2D eigenvalue weighted by Gasteiger charge is 2.23. The fraction of sp³-hybridized carbons (Fsp3) is 1.00. The van der Waals surface area contributed by atoms with E-state index >= 15 is 0 Å². The number of nitrogens with two attached hydrogens (primary N) is 1. The van der Waals surface area contributed by atoms with E-state index in [1.165, 1.54) is 51.7 Å². The lowest BCUT2D eigenvalue weighted by Gasteiger charge is -2.26. The third-order valence-electron chi connectivity index (χ3n) is 3.94. The van der Waals surface area contributed by atoms with E-state index < -0.39 is 0 Å². The van der Waals surface area contributed by atoms with Crippen LogP contribution in [-0.2, 0) is 0 Å². The second-order valence-electron chi connectivity index (χ2n) is 5.79. The normalized spacial score (nSPS) is 25.1. The maximum absolute atomic E-state index is 6.13. The minimum absolute atomic E-state index is 0.479. The molecule has 3 nitrogen and oxygen atoms in total. The van der Waals surface area contributed by atoms with Crippen LogP contribution in [0, 0.1) is 5.92 Å². The molecule has 1 saturated carbocycles. The van der Waals surface area contributed by atoms with E-state index in [0.717, 1.165) is 12.5 Å². The average Bonchev–Trinajstić information content (AvgIpc) is 2.68. The first-order valence-corrected chi connectivity index (χ1v) is 7.26. The van der Waals surface area contributed by atoms with Gasteiger partial charge in [0.2, 0.25) is 0 Å². The molecule has 0 spiro atoms. The summed E-state index contributed by atoms with van der Waals surface area (Å²) in [5, 5.41) is 0. The zero-order chi connectivity index (χ0) is 12.7. The van der Waals surface area contributed by atoms with Gasteiger partial charge >= 0.3 is 0 Å². The van der Waals surface area contributed by atoms with Crippen molar-refractivity contribution in [2.45, 2.75) is 45.1 Å². The van der Waals surface area contributed by atoms with Gasteiger partial charge in [-0.3, -0.25) is 0 Å². The van der Waals surface area contributed by atoms with Crippen LogP contribution in [0.5, 0.6) is 0 Å². The van der Waals surface area contributed by atoms with Gasteiger partial charge in [0.25, 0.3) is 0 Å². The smallest absolute Gasteiger partial charge is 0.0109 e. The number of hydrogen-bond acceptors (Lipinski definition) is 3. The molecule has 0 bridgehead atoms. The van der Waals surface area contributed by atoms with E-state index in [-0.39, 0.29) is 0 Å².